The molecule has 0 bridgehead atoms. The molecule has 0 spiro atoms. The number of aryl methyl sites for hydroxylation is 1. The van der Waals surface area contributed by atoms with Crippen molar-refractivity contribution >= 4 is 11.7 Å². The fraction of sp³-hybridized carbons (Fsp3) is 0.333. The number of alkyl halides is 3. The summed E-state index contributed by atoms with van der Waals surface area (Å²) in [5.74, 6) is -0.507. The lowest BCUT2D eigenvalue weighted by Crippen LogP contribution is -2.11. The number of nitrogens with one attached hydrogen (secondary N) is 1. The van der Waals surface area contributed by atoms with Crippen molar-refractivity contribution in [3.8, 4) is 0 Å². The fourth-order valence-electron chi connectivity index (χ4n) is 1.62. The third-order valence-corrected chi connectivity index (χ3v) is 2.72. The summed E-state index contributed by atoms with van der Waals surface area (Å²) in [5.41, 5.74) is 0.172. The van der Waals surface area contributed by atoms with E-state index in [-0.39, 0.29) is 18.7 Å². The smallest absolute Gasteiger partial charge is 0.416 e. The Bertz CT molecular complexity index is 507. The standard InChI is InChI=1S/C15H16F3NO2/c1-2-9-21-14(20)10-13(19)8-5-11-3-6-12(7-4-11)15(16,17)18/h2-4,6-7,19H,1,5,8-10H2. The van der Waals surface area contributed by atoms with E-state index in [2.05, 4.69) is 6.58 Å². The normalized spacial score (nSPS) is 11.0. The number of hydrogen-bond donors (Lipinski definition) is 1. The number of esters is 1. The van der Waals surface area contributed by atoms with E-state index in [0.717, 1.165) is 12.1 Å². The highest BCUT2D eigenvalue weighted by Gasteiger charge is 2.29. The maximum absolute atomic E-state index is 12.4. The van der Waals surface area contributed by atoms with Crippen molar-refractivity contribution in [3.05, 3.63) is 48.0 Å². The van der Waals surface area contributed by atoms with Gasteiger partial charge in [0.2, 0.25) is 0 Å². The van der Waals surface area contributed by atoms with Crippen molar-refractivity contribution in [1.82, 2.24) is 0 Å². The summed E-state index contributed by atoms with van der Waals surface area (Å²) >= 11 is 0. The summed E-state index contributed by atoms with van der Waals surface area (Å²) in [6.45, 7) is 3.50. The zero-order valence-electron chi connectivity index (χ0n) is 11.4. The van der Waals surface area contributed by atoms with Crippen molar-refractivity contribution < 1.29 is 22.7 Å². The van der Waals surface area contributed by atoms with Crippen LogP contribution in [0.3, 0.4) is 0 Å². The molecule has 0 fully saturated rings. The van der Waals surface area contributed by atoms with Crippen LogP contribution in [0.25, 0.3) is 0 Å². The number of carbonyl (C=O) groups excluding carboxylic acids is 1. The summed E-state index contributed by atoms with van der Waals surface area (Å²) in [4.78, 5) is 11.2. The van der Waals surface area contributed by atoms with Gasteiger partial charge < -0.3 is 10.1 Å². The molecule has 6 heteroatoms. The maximum atomic E-state index is 12.4. The number of ether oxygens (including phenoxy) is 1. The van der Waals surface area contributed by atoms with E-state index in [4.69, 9.17) is 10.1 Å². The monoisotopic (exact) mass is 299 g/mol. The first-order valence-electron chi connectivity index (χ1n) is 6.32. The van der Waals surface area contributed by atoms with Crippen molar-refractivity contribution in [2.24, 2.45) is 0 Å². The van der Waals surface area contributed by atoms with Crippen LogP contribution < -0.4 is 0 Å². The maximum Gasteiger partial charge on any atom is 0.416 e. The van der Waals surface area contributed by atoms with Crippen molar-refractivity contribution in [2.75, 3.05) is 6.61 Å². The van der Waals surface area contributed by atoms with Crippen LogP contribution >= 0.6 is 0 Å². The molecule has 1 N–H and O–H groups in total. The summed E-state index contributed by atoms with van der Waals surface area (Å²) < 4.78 is 41.9. The van der Waals surface area contributed by atoms with E-state index < -0.39 is 17.7 Å². The average molecular weight is 299 g/mol. The predicted molar refractivity (Wildman–Crippen MR) is 73.3 cm³/mol. The Balaban J connectivity index is 2.43. The Hall–Kier alpha value is -2.11. The van der Waals surface area contributed by atoms with Gasteiger partial charge >= 0.3 is 12.1 Å². The molecule has 0 heterocycles. The minimum absolute atomic E-state index is 0.102. The lowest BCUT2D eigenvalue weighted by Gasteiger charge is -2.08. The van der Waals surface area contributed by atoms with Crippen LogP contribution in [-0.4, -0.2) is 18.3 Å². The van der Waals surface area contributed by atoms with Gasteiger partial charge in [0.15, 0.2) is 0 Å². The van der Waals surface area contributed by atoms with Gasteiger partial charge in [-0.15, -0.1) is 0 Å². The Morgan fingerprint density at radius 2 is 1.90 bits per heavy atom. The first kappa shape index (κ1) is 16.9. The second kappa shape index (κ2) is 7.61. The minimum Gasteiger partial charge on any atom is -0.461 e. The molecule has 114 valence electrons. The second-order valence-electron chi connectivity index (χ2n) is 4.45. The van der Waals surface area contributed by atoms with Gasteiger partial charge in [0, 0.05) is 5.71 Å². The highest BCUT2D eigenvalue weighted by Crippen LogP contribution is 2.29. The van der Waals surface area contributed by atoms with E-state index in [1.165, 1.54) is 18.2 Å². The summed E-state index contributed by atoms with van der Waals surface area (Å²) in [6, 6.07) is 4.78. The SMILES string of the molecule is C=CCOC(=O)CC(=N)CCc1ccc(C(F)(F)F)cc1. The number of rotatable bonds is 7. The Labute approximate surface area is 120 Å². The molecule has 0 atom stereocenters. The Morgan fingerprint density at radius 1 is 1.29 bits per heavy atom. The van der Waals surface area contributed by atoms with E-state index in [1.54, 1.807) is 0 Å². The van der Waals surface area contributed by atoms with Crippen LogP contribution in [0, 0.1) is 5.41 Å². The van der Waals surface area contributed by atoms with Crippen molar-refractivity contribution in [3.63, 3.8) is 0 Å². The van der Waals surface area contributed by atoms with Crippen LogP contribution in [0.2, 0.25) is 0 Å². The molecule has 0 aliphatic rings. The lowest BCUT2D eigenvalue weighted by molar-refractivity contribution is -0.141. The van der Waals surface area contributed by atoms with Gasteiger partial charge in [0.1, 0.15) is 6.61 Å². The Kier molecular flexibility index (Phi) is 6.14. The van der Waals surface area contributed by atoms with Gasteiger partial charge in [-0.1, -0.05) is 24.8 Å². The number of halogens is 3. The van der Waals surface area contributed by atoms with Crippen LogP contribution in [0.15, 0.2) is 36.9 Å². The van der Waals surface area contributed by atoms with Gasteiger partial charge in [-0.3, -0.25) is 4.79 Å². The molecule has 0 aromatic heterocycles. The van der Waals surface area contributed by atoms with E-state index >= 15 is 0 Å². The number of carbonyl (C=O) groups is 1. The minimum atomic E-state index is -4.35. The molecule has 21 heavy (non-hydrogen) atoms. The lowest BCUT2D eigenvalue weighted by atomic mass is 10.0. The molecule has 0 aliphatic carbocycles. The van der Waals surface area contributed by atoms with E-state index in [9.17, 15) is 18.0 Å². The van der Waals surface area contributed by atoms with Gasteiger partial charge in [-0.25, -0.2) is 0 Å². The Morgan fingerprint density at radius 3 is 2.43 bits per heavy atom. The van der Waals surface area contributed by atoms with E-state index in [0.29, 0.717) is 18.4 Å². The fourth-order valence-corrected chi connectivity index (χ4v) is 1.62. The molecule has 0 aliphatic heterocycles. The van der Waals surface area contributed by atoms with Gasteiger partial charge in [-0.2, -0.15) is 13.2 Å². The molecular weight excluding hydrogens is 283 g/mol. The summed E-state index contributed by atoms with van der Waals surface area (Å²) in [5, 5.41) is 7.64. The molecule has 0 saturated carbocycles. The number of benzene rings is 1. The second-order valence-corrected chi connectivity index (χ2v) is 4.45. The highest BCUT2D eigenvalue weighted by atomic mass is 19.4. The first-order valence-corrected chi connectivity index (χ1v) is 6.32. The summed E-state index contributed by atoms with van der Waals surface area (Å²) in [7, 11) is 0. The van der Waals surface area contributed by atoms with E-state index in [1.807, 2.05) is 0 Å². The topological polar surface area (TPSA) is 50.2 Å². The molecule has 1 aromatic rings. The molecule has 1 aromatic carbocycles. The van der Waals surface area contributed by atoms with Crippen molar-refractivity contribution in [2.45, 2.75) is 25.4 Å². The quantitative estimate of drug-likeness (QED) is 0.473. The van der Waals surface area contributed by atoms with Gasteiger partial charge in [0.05, 0.1) is 12.0 Å². The van der Waals surface area contributed by atoms with Crippen LogP contribution in [0.4, 0.5) is 13.2 Å². The zero-order chi connectivity index (χ0) is 15.9. The van der Waals surface area contributed by atoms with Crippen LogP contribution in [0.1, 0.15) is 24.0 Å². The zero-order valence-corrected chi connectivity index (χ0v) is 11.4. The van der Waals surface area contributed by atoms with Gasteiger partial charge in [-0.05, 0) is 30.5 Å². The first-order chi connectivity index (χ1) is 9.82. The average Bonchev–Trinajstić information content (AvgIpc) is 2.42. The molecule has 0 radical (unpaired) electrons. The van der Waals surface area contributed by atoms with Gasteiger partial charge in [0.25, 0.3) is 0 Å². The molecule has 3 nitrogen and oxygen atoms in total. The van der Waals surface area contributed by atoms with Crippen LogP contribution in [-0.2, 0) is 22.1 Å². The third kappa shape index (κ3) is 6.25. The molecule has 0 saturated heterocycles. The summed E-state index contributed by atoms with van der Waals surface area (Å²) in [6.07, 6.45) is -2.32. The predicted octanol–water partition coefficient (Wildman–Crippen LogP) is 3.78. The number of hydrogen-bond acceptors (Lipinski definition) is 3. The molecular formula is C15H16F3NO2. The van der Waals surface area contributed by atoms with Crippen LogP contribution in [0.5, 0.6) is 0 Å². The van der Waals surface area contributed by atoms with Crippen molar-refractivity contribution in [1.29, 1.82) is 5.41 Å². The molecule has 0 unspecified atom stereocenters. The largest absolute Gasteiger partial charge is 0.461 e. The molecule has 0 amide bonds. The highest BCUT2D eigenvalue weighted by molar-refractivity contribution is 5.97. The molecule has 1 rings (SSSR count). The third-order valence-electron chi connectivity index (χ3n) is 2.72.